The molecule has 1 aromatic carbocycles. The number of nitrogens with one attached hydrogen (secondary N) is 1. The van der Waals surface area contributed by atoms with Crippen LogP contribution in [-0.4, -0.2) is 24.4 Å². The van der Waals surface area contributed by atoms with Crippen molar-refractivity contribution >= 4 is 5.97 Å². The first-order valence-corrected chi connectivity index (χ1v) is 6.64. The van der Waals surface area contributed by atoms with Crippen LogP contribution in [0.2, 0.25) is 0 Å². The van der Waals surface area contributed by atoms with Gasteiger partial charge < -0.3 is 19.9 Å². The Balaban J connectivity index is 1.99. The van der Waals surface area contributed by atoms with Gasteiger partial charge in [0, 0.05) is 25.1 Å². The Morgan fingerprint density at radius 2 is 2.05 bits per heavy atom. The number of rotatable bonds is 3. The Morgan fingerprint density at radius 3 is 2.62 bits per heavy atom. The number of fused-ring (bicyclic) bond motifs is 1. The van der Waals surface area contributed by atoms with Crippen LogP contribution < -0.4 is 14.8 Å². The number of hydrogen-bond acceptors (Lipinski definition) is 4. The Hall–Kier alpha value is -1.89. The highest BCUT2D eigenvalue weighted by atomic mass is 19.3. The van der Waals surface area contributed by atoms with Gasteiger partial charge >= 0.3 is 5.97 Å². The van der Waals surface area contributed by atoms with Gasteiger partial charge in [-0.05, 0) is 24.1 Å². The predicted molar refractivity (Wildman–Crippen MR) is 68.6 cm³/mol. The fourth-order valence-corrected chi connectivity index (χ4v) is 2.79. The van der Waals surface area contributed by atoms with Crippen molar-refractivity contribution in [2.75, 3.05) is 13.3 Å². The number of carbonyl (C=O) groups is 1. The van der Waals surface area contributed by atoms with Crippen molar-refractivity contribution in [2.45, 2.75) is 25.3 Å². The lowest BCUT2D eigenvalue weighted by Crippen LogP contribution is -2.20. The molecular weight excluding hydrogens is 284 g/mol. The molecule has 2 atom stereocenters. The van der Waals surface area contributed by atoms with Gasteiger partial charge in [0.2, 0.25) is 6.79 Å². The molecule has 7 heteroatoms. The van der Waals surface area contributed by atoms with Crippen molar-refractivity contribution in [1.29, 1.82) is 0 Å². The molecule has 0 aromatic heterocycles. The lowest BCUT2D eigenvalue weighted by Gasteiger charge is -2.21. The molecule has 2 heterocycles. The van der Waals surface area contributed by atoms with E-state index in [1.807, 2.05) is 0 Å². The fraction of sp³-hybridized carbons (Fsp3) is 0.500. The van der Waals surface area contributed by atoms with Gasteiger partial charge in [0.25, 0.3) is 5.92 Å². The van der Waals surface area contributed by atoms with Crippen molar-refractivity contribution in [3.05, 3.63) is 23.3 Å². The molecule has 114 valence electrons. The highest BCUT2D eigenvalue weighted by Crippen LogP contribution is 2.44. The van der Waals surface area contributed by atoms with E-state index in [1.54, 1.807) is 0 Å². The second kappa shape index (κ2) is 4.84. The minimum Gasteiger partial charge on any atom is -0.481 e. The van der Waals surface area contributed by atoms with Crippen LogP contribution in [0.4, 0.5) is 8.78 Å². The summed E-state index contributed by atoms with van der Waals surface area (Å²) in [6, 6.07) is 2.38. The first-order valence-electron chi connectivity index (χ1n) is 6.64. The molecular formula is C14H15F2NO4. The van der Waals surface area contributed by atoms with Gasteiger partial charge in [-0.1, -0.05) is 0 Å². The summed E-state index contributed by atoms with van der Waals surface area (Å²) in [7, 11) is 0. The lowest BCUT2D eigenvalue weighted by atomic mass is 9.93. The van der Waals surface area contributed by atoms with Crippen molar-refractivity contribution < 1.29 is 28.2 Å². The first-order chi connectivity index (χ1) is 9.86. The Labute approximate surface area is 119 Å². The molecule has 3 rings (SSSR count). The summed E-state index contributed by atoms with van der Waals surface area (Å²) in [6.45, 7) is 1.09. The normalized spacial score (nSPS) is 24.3. The molecule has 0 radical (unpaired) electrons. The van der Waals surface area contributed by atoms with Crippen LogP contribution in [0.15, 0.2) is 12.1 Å². The van der Waals surface area contributed by atoms with Gasteiger partial charge in [-0.3, -0.25) is 4.79 Å². The van der Waals surface area contributed by atoms with Crippen LogP contribution in [0.1, 0.15) is 30.5 Å². The molecule has 2 unspecified atom stereocenters. The Bertz CT molecular complexity index is 585. The Morgan fingerprint density at radius 1 is 1.38 bits per heavy atom. The lowest BCUT2D eigenvalue weighted by molar-refractivity contribution is -0.141. The van der Waals surface area contributed by atoms with E-state index in [1.165, 1.54) is 12.1 Å². The van der Waals surface area contributed by atoms with Gasteiger partial charge in [-0.25, -0.2) is 8.78 Å². The summed E-state index contributed by atoms with van der Waals surface area (Å²) in [5, 5.41) is 12.0. The summed E-state index contributed by atoms with van der Waals surface area (Å²) < 4.78 is 38.1. The standard InChI is InChI=1S/C14H15F2NO4/c1-14(15,16)9-4-12-11(20-6-21-12)3-8(9)10-2-7(5-17-10)13(18)19/h3-4,7,10,17H,2,5-6H2,1H3,(H,18,19). The summed E-state index contributed by atoms with van der Waals surface area (Å²) in [6.07, 6.45) is 0.276. The van der Waals surface area contributed by atoms with Crippen molar-refractivity contribution in [1.82, 2.24) is 5.32 Å². The SMILES string of the molecule is CC(F)(F)c1cc2c(cc1C1CC(C(=O)O)CN1)OCO2. The van der Waals surface area contributed by atoms with Crippen molar-refractivity contribution in [3.8, 4) is 11.5 Å². The monoisotopic (exact) mass is 299 g/mol. The second-order valence-corrected chi connectivity index (χ2v) is 5.41. The number of alkyl halides is 2. The molecule has 2 aliphatic rings. The van der Waals surface area contributed by atoms with Gasteiger partial charge in [0.15, 0.2) is 11.5 Å². The van der Waals surface area contributed by atoms with E-state index in [9.17, 15) is 13.6 Å². The summed E-state index contributed by atoms with van der Waals surface area (Å²) in [4.78, 5) is 11.0. The van der Waals surface area contributed by atoms with Gasteiger partial charge in [0.1, 0.15) is 0 Å². The van der Waals surface area contributed by atoms with E-state index in [0.717, 1.165) is 6.92 Å². The van der Waals surface area contributed by atoms with Crippen LogP contribution in [0.3, 0.4) is 0 Å². The minimum absolute atomic E-state index is 0.00333. The molecule has 1 saturated heterocycles. The highest BCUT2D eigenvalue weighted by Gasteiger charge is 2.37. The van der Waals surface area contributed by atoms with Crippen LogP contribution in [0.5, 0.6) is 11.5 Å². The zero-order valence-electron chi connectivity index (χ0n) is 11.4. The maximum Gasteiger partial charge on any atom is 0.307 e. The third-order valence-electron chi connectivity index (χ3n) is 3.87. The molecule has 0 amide bonds. The van der Waals surface area contributed by atoms with E-state index >= 15 is 0 Å². The molecule has 1 aromatic rings. The van der Waals surface area contributed by atoms with E-state index < -0.39 is 23.9 Å². The number of aliphatic carboxylic acids is 1. The number of ether oxygens (including phenoxy) is 2. The van der Waals surface area contributed by atoms with Gasteiger partial charge in [0.05, 0.1) is 5.92 Å². The first kappa shape index (κ1) is 14.1. The minimum atomic E-state index is -3.04. The van der Waals surface area contributed by atoms with Crippen molar-refractivity contribution in [2.24, 2.45) is 5.92 Å². The van der Waals surface area contributed by atoms with Crippen LogP contribution in [0.25, 0.3) is 0 Å². The second-order valence-electron chi connectivity index (χ2n) is 5.41. The van der Waals surface area contributed by atoms with Crippen LogP contribution in [-0.2, 0) is 10.7 Å². The van der Waals surface area contributed by atoms with E-state index in [2.05, 4.69) is 5.32 Å². The molecule has 0 spiro atoms. The summed E-state index contributed by atoms with van der Waals surface area (Å²) >= 11 is 0. The topological polar surface area (TPSA) is 67.8 Å². The van der Waals surface area contributed by atoms with E-state index in [4.69, 9.17) is 14.6 Å². The number of carboxylic acid groups (broad SMARTS) is 1. The van der Waals surface area contributed by atoms with Crippen LogP contribution in [0, 0.1) is 5.92 Å². The van der Waals surface area contributed by atoms with Crippen molar-refractivity contribution in [3.63, 3.8) is 0 Å². The maximum atomic E-state index is 13.9. The summed E-state index contributed by atoms with van der Waals surface area (Å²) in [5.41, 5.74) is 0.214. The molecule has 2 aliphatic heterocycles. The molecule has 21 heavy (non-hydrogen) atoms. The highest BCUT2D eigenvalue weighted by molar-refractivity contribution is 5.71. The van der Waals surface area contributed by atoms with E-state index in [0.29, 0.717) is 17.1 Å². The van der Waals surface area contributed by atoms with Gasteiger partial charge in [-0.15, -0.1) is 0 Å². The van der Waals surface area contributed by atoms with E-state index in [-0.39, 0.29) is 25.3 Å². The smallest absolute Gasteiger partial charge is 0.307 e. The van der Waals surface area contributed by atoms with Gasteiger partial charge in [-0.2, -0.15) is 0 Å². The van der Waals surface area contributed by atoms with Crippen LogP contribution >= 0.6 is 0 Å². The average Bonchev–Trinajstić information content (AvgIpc) is 3.04. The molecule has 2 N–H and O–H groups in total. The number of benzene rings is 1. The quantitative estimate of drug-likeness (QED) is 0.896. The molecule has 5 nitrogen and oxygen atoms in total. The number of halogens is 2. The molecule has 1 fully saturated rings. The molecule has 0 saturated carbocycles. The fourth-order valence-electron chi connectivity index (χ4n) is 2.79. The largest absolute Gasteiger partial charge is 0.481 e. The predicted octanol–water partition coefficient (Wildman–Crippen LogP) is 2.26. The zero-order chi connectivity index (χ0) is 15.2. The molecule has 0 bridgehead atoms. The maximum absolute atomic E-state index is 13.9. The number of carboxylic acids is 1. The number of hydrogen-bond donors (Lipinski definition) is 2. The third kappa shape index (κ3) is 2.53. The summed E-state index contributed by atoms with van der Waals surface area (Å²) in [5.74, 6) is -3.82. The zero-order valence-corrected chi connectivity index (χ0v) is 11.4. The Kier molecular flexibility index (Phi) is 3.24. The molecule has 0 aliphatic carbocycles. The third-order valence-corrected chi connectivity index (χ3v) is 3.87. The average molecular weight is 299 g/mol.